The highest BCUT2D eigenvalue weighted by Crippen LogP contribution is 2.38. The third-order valence-electron chi connectivity index (χ3n) is 3.23. The average molecular weight is 247 g/mol. The molecule has 0 aromatic rings. The smallest absolute Gasteiger partial charge is 0.324 e. The molecular formula is C9H13NO5S. The number of amides is 1. The van der Waals surface area contributed by atoms with Gasteiger partial charge >= 0.3 is 5.97 Å². The molecule has 2 atom stereocenters. The van der Waals surface area contributed by atoms with Gasteiger partial charge in [-0.15, -0.1) is 0 Å². The Kier molecular flexibility index (Phi) is 2.65. The van der Waals surface area contributed by atoms with E-state index in [9.17, 15) is 18.0 Å². The van der Waals surface area contributed by atoms with E-state index in [1.807, 2.05) is 0 Å². The Labute approximate surface area is 93.3 Å². The Balaban J connectivity index is 2.33. The van der Waals surface area contributed by atoms with Gasteiger partial charge in [0.2, 0.25) is 15.9 Å². The fraction of sp³-hybridized carbons (Fsp3) is 0.778. The highest BCUT2D eigenvalue weighted by Gasteiger charge is 2.53. The maximum absolute atomic E-state index is 11.9. The van der Waals surface area contributed by atoms with Crippen LogP contribution in [-0.2, 0) is 19.6 Å². The number of carboxylic acids is 1. The summed E-state index contributed by atoms with van der Waals surface area (Å²) in [6.07, 6.45) is 2.64. The van der Waals surface area contributed by atoms with E-state index >= 15 is 0 Å². The first kappa shape index (κ1) is 11.4. The molecule has 1 heterocycles. The van der Waals surface area contributed by atoms with E-state index in [-0.39, 0.29) is 0 Å². The molecule has 2 fully saturated rings. The molecule has 16 heavy (non-hydrogen) atoms. The molecule has 0 aromatic heterocycles. The van der Waals surface area contributed by atoms with Gasteiger partial charge in [0.25, 0.3) is 0 Å². The van der Waals surface area contributed by atoms with Crippen molar-refractivity contribution in [1.82, 2.24) is 4.31 Å². The van der Waals surface area contributed by atoms with Crippen LogP contribution in [-0.4, -0.2) is 41.5 Å². The van der Waals surface area contributed by atoms with Crippen LogP contribution in [0.1, 0.15) is 25.7 Å². The summed E-state index contributed by atoms with van der Waals surface area (Å²) in [5.74, 6) is -2.35. The van der Waals surface area contributed by atoms with Crippen LogP contribution in [0.2, 0.25) is 0 Å². The maximum Gasteiger partial charge on any atom is 0.324 e. The molecular weight excluding hydrogens is 234 g/mol. The van der Waals surface area contributed by atoms with Gasteiger partial charge < -0.3 is 5.11 Å². The third kappa shape index (κ3) is 1.59. The van der Waals surface area contributed by atoms with Crippen molar-refractivity contribution in [3.8, 4) is 0 Å². The van der Waals surface area contributed by atoms with Gasteiger partial charge in [0, 0.05) is 0 Å². The number of fused-ring (bicyclic) bond motifs is 1. The monoisotopic (exact) mass is 247 g/mol. The quantitative estimate of drug-likeness (QED) is 0.729. The summed E-state index contributed by atoms with van der Waals surface area (Å²) >= 11 is 0. The first-order valence-corrected chi connectivity index (χ1v) is 6.72. The first-order chi connectivity index (χ1) is 7.44. The zero-order valence-electron chi connectivity index (χ0n) is 8.63. The number of carbonyl (C=O) groups is 2. The maximum atomic E-state index is 11.9. The van der Waals surface area contributed by atoms with E-state index < -0.39 is 39.6 Å². The normalized spacial score (nSPS) is 32.5. The molecule has 1 N–H and O–H groups in total. The van der Waals surface area contributed by atoms with E-state index in [4.69, 9.17) is 5.11 Å². The van der Waals surface area contributed by atoms with Crippen LogP contribution in [0.3, 0.4) is 0 Å². The van der Waals surface area contributed by atoms with Gasteiger partial charge in [-0.1, -0.05) is 12.8 Å². The standard InChI is InChI=1S/C9H13NO5S/c11-8(12)5-10-9(13)6-3-1-2-4-7(6)16(10,14)15/h6-7H,1-5H2,(H,11,12)/t6-,7+/m0/s1. The number of hydrogen-bond donors (Lipinski definition) is 1. The summed E-state index contributed by atoms with van der Waals surface area (Å²) in [4.78, 5) is 22.3. The molecule has 6 nitrogen and oxygen atoms in total. The molecule has 1 saturated carbocycles. The van der Waals surface area contributed by atoms with Gasteiger partial charge in [0.05, 0.1) is 11.2 Å². The van der Waals surface area contributed by atoms with Crippen LogP contribution in [0.4, 0.5) is 0 Å². The van der Waals surface area contributed by atoms with Crippen LogP contribution in [0.25, 0.3) is 0 Å². The fourth-order valence-electron chi connectivity index (χ4n) is 2.50. The van der Waals surface area contributed by atoms with E-state index in [2.05, 4.69) is 0 Å². The van der Waals surface area contributed by atoms with Gasteiger partial charge in [-0.3, -0.25) is 9.59 Å². The minimum absolute atomic E-state index is 0.467. The molecule has 0 bridgehead atoms. The number of rotatable bonds is 2. The van der Waals surface area contributed by atoms with Gasteiger partial charge in [-0.25, -0.2) is 12.7 Å². The lowest BCUT2D eigenvalue weighted by molar-refractivity contribution is -0.141. The van der Waals surface area contributed by atoms with Crippen molar-refractivity contribution in [3.63, 3.8) is 0 Å². The number of carbonyl (C=O) groups excluding carboxylic acids is 1. The summed E-state index contributed by atoms with van der Waals surface area (Å²) < 4.78 is 24.4. The number of hydrogen-bond acceptors (Lipinski definition) is 4. The van der Waals surface area contributed by atoms with Crippen LogP contribution in [0, 0.1) is 5.92 Å². The molecule has 0 radical (unpaired) electrons. The Morgan fingerprint density at radius 1 is 1.38 bits per heavy atom. The molecule has 1 aliphatic heterocycles. The average Bonchev–Trinajstić information content (AvgIpc) is 2.41. The molecule has 0 spiro atoms. The van der Waals surface area contributed by atoms with Crippen molar-refractivity contribution in [2.45, 2.75) is 30.9 Å². The Morgan fingerprint density at radius 3 is 2.56 bits per heavy atom. The van der Waals surface area contributed by atoms with Crippen LogP contribution >= 0.6 is 0 Å². The second kappa shape index (κ2) is 3.73. The van der Waals surface area contributed by atoms with E-state index in [1.165, 1.54) is 0 Å². The zero-order valence-corrected chi connectivity index (χ0v) is 9.44. The minimum atomic E-state index is -3.73. The highest BCUT2D eigenvalue weighted by atomic mass is 32.2. The Hall–Kier alpha value is -1.11. The second-order valence-electron chi connectivity index (χ2n) is 4.21. The molecule has 2 rings (SSSR count). The summed E-state index contributed by atoms with van der Waals surface area (Å²) in [5, 5.41) is 7.91. The molecule has 90 valence electrons. The molecule has 2 aliphatic rings. The number of carboxylic acid groups (broad SMARTS) is 1. The summed E-state index contributed by atoms with van der Waals surface area (Å²) in [6.45, 7) is -0.742. The lowest BCUT2D eigenvalue weighted by atomic mass is 9.88. The van der Waals surface area contributed by atoms with Gasteiger partial charge in [0.15, 0.2) is 0 Å². The summed E-state index contributed by atoms with van der Waals surface area (Å²) in [6, 6.07) is 0. The van der Waals surface area contributed by atoms with Crippen LogP contribution < -0.4 is 0 Å². The Morgan fingerprint density at radius 2 is 2.00 bits per heavy atom. The summed E-state index contributed by atoms with van der Waals surface area (Å²) in [5.41, 5.74) is 0. The second-order valence-corrected chi connectivity index (χ2v) is 6.29. The topological polar surface area (TPSA) is 91.8 Å². The highest BCUT2D eigenvalue weighted by molar-refractivity contribution is 7.90. The Bertz CT molecular complexity index is 429. The van der Waals surface area contributed by atoms with Crippen molar-refractivity contribution in [1.29, 1.82) is 0 Å². The van der Waals surface area contributed by atoms with E-state index in [1.54, 1.807) is 0 Å². The SMILES string of the molecule is O=C(O)CN1C(=O)[C@H]2CCCC[C@H]2S1(=O)=O. The molecule has 7 heteroatoms. The zero-order chi connectivity index (χ0) is 11.9. The van der Waals surface area contributed by atoms with Crippen LogP contribution in [0.15, 0.2) is 0 Å². The van der Waals surface area contributed by atoms with Crippen molar-refractivity contribution < 1.29 is 23.1 Å². The molecule has 1 aliphatic carbocycles. The molecule has 1 saturated heterocycles. The molecule has 1 amide bonds. The fourth-order valence-corrected chi connectivity index (χ4v) is 4.64. The predicted octanol–water partition coefficient (Wildman–Crippen LogP) is -0.198. The van der Waals surface area contributed by atoms with Crippen molar-refractivity contribution in [2.24, 2.45) is 5.92 Å². The largest absolute Gasteiger partial charge is 0.480 e. The number of nitrogens with zero attached hydrogens (tertiary/aromatic N) is 1. The van der Waals surface area contributed by atoms with Crippen molar-refractivity contribution in [2.75, 3.05) is 6.54 Å². The number of sulfonamides is 1. The summed E-state index contributed by atoms with van der Waals surface area (Å²) in [7, 11) is -3.73. The van der Waals surface area contributed by atoms with E-state index in [0.29, 0.717) is 17.1 Å². The lowest BCUT2D eigenvalue weighted by Crippen LogP contribution is -2.36. The van der Waals surface area contributed by atoms with Gasteiger partial charge in [0.1, 0.15) is 6.54 Å². The van der Waals surface area contributed by atoms with Gasteiger partial charge in [-0.05, 0) is 12.8 Å². The third-order valence-corrected chi connectivity index (χ3v) is 5.49. The first-order valence-electron chi connectivity index (χ1n) is 5.22. The molecule has 0 aromatic carbocycles. The predicted molar refractivity (Wildman–Crippen MR) is 54.0 cm³/mol. The van der Waals surface area contributed by atoms with Crippen molar-refractivity contribution >= 4 is 21.9 Å². The van der Waals surface area contributed by atoms with Crippen LogP contribution in [0.5, 0.6) is 0 Å². The minimum Gasteiger partial charge on any atom is -0.480 e. The van der Waals surface area contributed by atoms with E-state index in [0.717, 1.165) is 12.8 Å². The van der Waals surface area contributed by atoms with Crippen molar-refractivity contribution in [3.05, 3.63) is 0 Å². The van der Waals surface area contributed by atoms with Gasteiger partial charge in [-0.2, -0.15) is 0 Å². The molecule has 0 unspecified atom stereocenters. The number of aliphatic carboxylic acids is 1. The lowest BCUT2D eigenvalue weighted by Gasteiger charge is -2.20.